The van der Waals surface area contributed by atoms with Crippen molar-refractivity contribution in [2.75, 3.05) is 19.6 Å². The molecule has 0 aliphatic heterocycles. The van der Waals surface area contributed by atoms with E-state index in [-0.39, 0.29) is 23.3 Å². The van der Waals surface area contributed by atoms with Gasteiger partial charge in [-0.3, -0.25) is 4.79 Å². The molecule has 178 valence electrons. The van der Waals surface area contributed by atoms with Gasteiger partial charge in [0.05, 0.1) is 18.0 Å². The summed E-state index contributed by atoms with van der Waals surface area (Å²) in [7, 11) is -1.90. The van der Waals surface area contributed by atoms with E-state index >= 15 is 0 Å². The minimum Gasteiger partial charge on any atom is -0.353 e. The van der Waals surface area contributed by atoms with E-state index in [0.717, 1.165) is 17.5 Å². The Morgan fingerprint density at radius 3 is 2.42 bits per heavy atom. The fraction of sp³-hybridized carbons (Fsp3) is 0.423. The molecule has 3 aromatic rings. The number of aryl methyl sites for hydroxylation is 1. The minimum atomic E-state index is -3.85. The lowest BCUT2D eigenvalue weighted by molar-refractivity contribution is -0.132. The van der Waals surface area contributed by atoms with Crippen molar-refractivity contribution < 1.29 is 13.2 Å². The van der Waals surface area contributed by atoms with Crippen LogP contribution in [0, 0.1) is 5.92 Å². The first-order chi connectivity index (χ1) is 15.7. The average Bonchev–Trinajstić information content (AvgIpc) is 3.19. The fourth-order valence-corrected chi connectivity index (χ4v) is 5.62. The highest BCUT2D eigenvalue weighted by Crippen LogP contribution is 2.26. The number of benzene rings is 2. The smallest absolute Gasteiger partial charge is 0.244 e. The van der Waals surface area contributed by atoms with Crippen LogP contribution < -0.4 is 0 Å². The molecule has 0 saturated carbocycles. The lowest BCUT2D eigenvalue weighted by atomic mass is 10.1. The Bertz CT molecular complexity index is 1180. The van der Waals surface area contributed by atoms with Crippen LogP contribution in [0.1, 0.15) is 39.3 Å². The molecule has 0 radical (unpaired) electrons. The lowest BCUT2D eigenvalue weighted by Crippen LogP contribution is -2.44. The molecule has 0 N–H and O–H groups in total. The highest BCUT2D eigenvalue weighted by molar-refractivity contribution is 7.89. The number of hydrogen-bond acceptors (Lipinski definition) is 3. The molecule has 0 spiro atoms. The van der Waals surface area contributed by atoms with Crippen molar-refractivity contribution in [2.45, 2.75) is 45.1 Å². The van der Waals surface area contributed by atoms with Crippen LogP contribution in [0.5, 0.6) is 0 Å². The van der Waals surface area contributed by atoms with Gasteiger partial charge in [0.2, 0.25) is 15.9 Å². The molecule has 1 aromatic heterocycles. The molecule has 0 aliphatic rings. The first-order valence-corrected chi connectivity index (χ1v) is 13.0. The van der Waals surface area contributed by atoms with Crippen LogP contribution in [0.4, 0.5) is 0 Å². The number of nitrogens with zero attached hydrogens (tertiary/aromatic N) is 3. The molecular weight excluding hydrogens is 434 g/mol. The number of unbranched alkanes of at least 4 members (excludes halogenated alkanes) is 1. The van der Waals surface area contributed by atoms with E-state index in [4.69, 9.17) is 0 Å². The van der Waals surface area contributed by atoms with Crippen LogP contribution in [-0.2, 0) is 28.4 Å². The third-order valence-electron chi connectivity index (χ3n) is 5.78. The van der Waals surface area contributed by atoms with E-state index in [1.54, 1.807) is 17.0 Å². The number of hydrogen-bond donors (Lipinski definition) is 0. The highest BCUT2D eigenvalue weighted by Gasteiger charge is 2.29. The normalized spacial score (nSPS) is 12.1. The maximum absolute atomic E-state index is 13.8. The summed E-state index contributed by atoms with van der Waals surface area (Å²) >= 11 is 0. The number of amides is 1. The second-order valence-corrected chi connectivity index (χ2v) is 10.9. The van der Waals surface area contributed by atoms with Crippen molar-refractivity contribution in [3.8, 4) is 0 Å². The fourth-order valence-electron chi connectivity index (χ4n) is 3.98. The van der Waals surface area contributed by atoms with Gasteiger partial charge < -0.3 is 9.47 Å². The molecule has 0 bridgehead atoms. The molecule has 2 aromatic carbocycles. The summed E-state index contributed by atoms with van der Waals surface area (Å²) < 4.78 is 30.9. The third kappa shape index (κ3) is 6.03. The van der Waals surface area contributed by atoms with Gasteiger partial charge in [-0.2, -0.15) is 4.31 Å². The summed E-state index contributed by atoms with van der Waals surface area (Å²) in [5, 5.41) is 1.54. The van der Waals surface area contributed by atoms with Crippen LogP contribution in [0.25, 0.3) is 10.8 Å². The monoisotopic (exact) mass is 469 g/mol. The van der Waals surface area contributed by atoms with Crippen molar-refractivity contribution in [3.05, 3.63) is 66.5 Å². The van der Waals surface area contributed by atoms with Gasteiger partial charge in [-0.05, 0) is 35.9 Å². The predicted octanol–water partition coefficient (Wildman–Crippen LogP) is 4.65. The topological polar surface area (TPSA) is 62.6 Å². The molecule has 0 unspecified atom stereocenters. The Balaban J connectivity index is 1.92. The van der Waals surface area contributed by atoms with Gasteiger partial charge in [-0.1, -0.05) is 63.6 Å². The first kappa shape index (κ1) is 25.0. The molecule has 0 fully saturated rings. The summed E-state index contributed by atoms with van der Waals surface area (Å²) in [5.41, 5.74) is 1.01. The molecule has 0 aliphatic carbocycles. The molecule has 1 amide bonds. The average molecular weight is 470 g/mol. The number of carbonyl (C=O) groups excluding carboxylic acids is 1. The van der Waals surface area contributed by atoms with Crippen LogP contribution in [-0.4, -0.2) is 47.7 Å². The number of sulfonamides is 1. The molecule has 6 nitrogen and oxygen atoms in total. The zero-order valence-corrected chi connectivity index (χ0v) is 20.9. The second-order valence-electron chi connectivity index (χ2n) is 8.95. The van der Waals surface area contributed by atoms with Gasteiger partial charge >= 0.3 is 0 Å². The third-order valence-corrected chi connectivity index (χ3v) is 7.69. The van der Waals surface area contributed by atoms with Crippen molar-refractivity contribution in [1.82, 2.24) is 13.8 Å². The van der Waals surface area contributed by atoms with Crippen LogP contribution >= 0.6 is 0 Å². The largest absolute Gasteiger partial charge is 0.353 e. The molecule has 0 saturated heterocycles. The summed E-state index contributed by atoms with van der Waals surface area (Å²) in [4.78, 5) is 15.5. The van der Waals surface area contributed by atoms with Crippen LogP contribution in [0.3, 0.4) is 0 Å². The SMILES string of the molecule is CCCCN(CC(=O)N(Cc1cccn1C)CC(C)C)S(=O)(=O)c1cccc2ccccc12. The summed E-state index contributed by atoms with van der Waals surface area (Å²) in [6, 6.07) is 16.7. The number of carbonyl (C=O) groups is 1. The predicted molar refractivity (Wildman–Crippen MR) is 133 cm³/mol. The van der Waals surface area contributed by atoms with Gasteiger partial charge in [0.25, 0.3) is 0 Å². The van der Waals surface area contributed by atoms with Crippen molar-refractivity contribution in [1.29, 1.82) is 0 Å². The Morgan fingerprint density at radius 1 is 1.03 bits per heavy atom. The highest BCUT2D eigenvalue weighted by atomic mass is 32.2. The molecule has 0 atom stereocenters. The number of rotatable bonds is 11. The van der Waals surface area contributed by atoms with Crippen molar-refractivity contribution in [2.24, 2.45) is 13.0 Å². The first-order valence-electron chi connectivity index (χ1n) is 11.6. The van der Waals surface area contributed by atoms with Crippen molar-refractivity contribution >= 4 is 26.7 Å². The number of aromatic nitrogens is 1. The van der Waals surface area contributed by atoms with Gasteiger partial charge in [-0.15, -0.1) is 0 Å². The van der Waals surface area contributed by atoms with Gasteiger partial charge in [0.1, 0.15) is 0 Å². The van der Waals surface area contributed by atoms with Gasteiger partial charge in [0.15, 0.2) is 0 Å². The van der Waals surface area contributed by atoms with Crippen LogP contribution in [0.15, 0.2) is 65.7 Å². The van der Waals surface area contributed by atoms with E-state index in [9.17, 15) is 13.2 Å². The van der Waals surface area contributed by atoms with Gasteiger partial charge in [0, 0.05) is 37.4 Å². The quantitative estimate of drug-likeness (QED) is 0.411. The van der Waals surface area contributed by atoms with E-state index < -0.39 is 10.0 Å². The van der Waals surface area contributed by atoms with Crippen molar-refractivity contribution in [3.63, 3.8) is 0 Å². The molecule has 33 heavy (non-hydrogen) atoms. The summed E-state index contributed by atoms with van der Waals surface area (Å²) in [6.45, 7) is 7.32. The summed E-state index contributed by atoms with van der Waals surface area (Å²) in [6.07, 6.45) is 3.49. The second kappa shape index (κ2) is 11.0. The Kier molecular flexibility index (Phi) is 8.32. The molecule has 3 rings (SSSR count). The standard InChI is InChI=1S/C26H35N3O3S/c1-5-6-17-29(33(31,32)25-15-9-12-22-11-7-8-14-24(22)25)20-26(30)28(18-21(2)3)19-23-13-10-16-27(23)4/h7-16,21H,5-6,17-20H2,1-4H3. The Hall–Kier alpha value is -2.64. The van der Waals surface area contributed by atoms with E-state index in [1.807, 2.05) is 67.2 Å². The Labute approximate surface area is 197 Å². The maximum atomic E-state index is 13.8. The van der Waals surface area contributed by atoms with Gasteiger partial charge in [-0.25, -0.2) is 8.42 Å². The minimum absolute atomic E-state index is 0.164. The lowest BCUT2D eigenvalue weighted by Gasteiger charge is -2.29. The molecule has 1 heterocycles. The Morgan fingerprint density at radius 2 is 1.76 bits per heavy atom. The zero-order valence-electron chi connectivity index (χ0n) is 20.1. The van der Waals surface area contributed by atoms with E-state index in [1.165, 1.54) is 4.31 Å². The molecule has 7 heteroatoms. The number of fused-ring (bicyclic) bond motifs is 1. The summed E-state index contributed by atoms with van der Waals surface area (Å²) in [5.74, 6) is 0.0952. The van der Waals surface area contributed by atoms with E-state index in [0.29, 0.717) is 31.4 Å². The van der Waals surface area contributed by atoms with Crippen LogP contribution in [0.2, 0.25) is 0 Å². The van der Waals surface area contributed by atoms with E-state index in [2.05, 4.69) is 13.8 Å². The zero-order chi connectivity index (χ0) is 24.0. The maximum Gasteiger partial charge on any atom is 0.244 e. The molecular formula is C26H35N3O3S.